The van der Waals surface area contributed by atoms with E-state index in [2.05, 4.69) is 23.5 Å². The summed E-state index contributed by atoms with van der Waals surface area (Å²) in [5, 5.41) is 3.85. The summed E-state index contributed by atoms with van der Waals surface area (Å²) >= 11 is 3.17. The van der Waals surface area contributed by atoms with Crippen LogP contribution in [0.4, 0.5) is 5.69 Å². The summed E-state index contributed by atoms with van der Waals surface area (Å²) in [6, 6.07) is 1.84. The maximum absolute atomic E-state index is 12.1. The van der Waals surface area contributed by atoms with Gasteiger partial charge in [0.25, 0.3) is 5.91 Å². The van der Waals surface area contributed by atoms with Gasteiger partial charge in [-0.05, 0) is 24.0 Å². The molecule has 2 aromatic rings. The highest BCUT2D eigenvalue weighted by Crippen LogP contribution is 2.32. The number of hydrogen-bond acceptors (Lipinski definition) is 5. The Labute approximate surface area is 120 Å². The summed E-state index contributed by atoms with van der Waals surface area (Å²) in [6.45, 7) is 2.79. The molecule has 0 aliphatic rings. The monoisotopic (exact) mass is 295 g/mol. The Morgan fingerprint density at radius 3 is 3.11 bits per heavy atom. The molecule has 1 amide bonds. The molecule has 1 atom stereocenters. The Bertz CT molecular complexity index is 582. The number of nitrogens with two attached hydrogens (primary N) is 1. The molecule has 6 heteroatoms. The number of thiophene rings is 1. The molecule has 0 fully saturated rings. The quantitative estimate of drug-likeness (QED) is 0.889. The smallest absolute Gasteiger partial charge is 0.263 e. The van der Waals surface area contributed by atoms with E-state index in [9.17, 15) is 4.79 Å². The summed E-state index contributed by atoms with van der Waals surface area (Å²) in [5.74, 6) is 1.40. The number of pyridine rings is 1. The third-order valence-corrected chi connectivity index (χ3v) is 4.86. The molecule has 0 saturated heterocycles. The highest BCUT2D eigenvalue weighted by Gasteiger charge is 2.16. The third kappa shape index (κ3) is 3.19. The van der Waals surface area contributed by atoms with E-state index < -0.39 is 0 Å². The second kappa shape index (κ2) is 6.25. The molecule has 1 unspecified atom stereocenters. The van der Waals surface area contributed by atoms with Crippen molar-refractivity contribution in [2.75, 3.05) is 24.3 Å². The van der Waals surface area contributed by atoms with Gasteiger partial charge in [0.2, 0.25) is 0 Å². The molecule has 2 rings (SSSR count). The number of aromatic nitrogens is 1. The summed E-state index contributed by atoms with van der Waals surface area (Å²) in [7, 11) is 0. The molecule has 4 nitrogen and oxygen atoms in total. The molecule has 2 aromatic heterocycles. The Morgan fingerprint density at radius 1 is 1.63 bits per heavy atom. The van der Waals surface area contributed by atoms with E-state index in [0.717, 1.165) is 15.8 Å². The first-order chi connectivity index (χ1) is 9.13. The zero-order valence-corrected chi connectivity index (χ0v) is 12.6. The highest BCUT2D eigenvalue weighted by atomic mass is 32.2. The van der Waals surface area contributed by atoms with Crippen molar-refractivity contribution >= 4 is 44.8 Å². The lowest BCUT2D eigenvalue weighted by molar-refractivity contribution is 0.0954. The number of hydrogen-bond donors (Lipinski definition) is 2. The lowest BCUT2D eigenvalue weighted by atomic mass is 10.2. The molecule has 0 radical (unpaired) electrons. The van der Waals surface area contributed by atoms with Crippen LogP contribution in [0.2, 0.25) is 0 Å². The van der Waals surface area contributed by atoms with E-state index in [1.54, 1.807) is 24.2 Å². The van der Waals surface area contributed by atoms with Crippen molar-refractivity contribution in [1.29, 1.82) is 0 Å². The summed E-state index contributed by atoms with van der Waals surface area (Å²) in [5.41, 5.74) is 6.58. The molecule has 0 saturated carbocycles. The van der Waals surface area contributed by atoms with Crippen LogP contribution in [0.3, 0.4) is 0 Å². The van der Waals surface area contributed by atoms with Gasteiger partial charge < -0.3 is 11.1 Å². The van der Waals surface area contributed by atoms with Crippen LogP contribution >= 0.6 is 23.1 Å². The fraction of sp³-hybridized carbons (Fsp3) is 0.385. The Morgan fingerprint density at radius 2 is 2.42 bits per heavy atom. The molecule has 0 aliphatic heterocycles. The minimum atomic E-state index is -0.0911. The molecule has 19 heavy (non-hydrogen) atoms. The third-order valence-electron chi connectivity index (χ3n) is 2.80. The topological polar surface area (TPSA) is 68.0 Å². The second-order valence-electron chi connectivity index (χ2n) is 4.49. The van der Waals surface area contributed by atoms with Gasteiger partial charge in [0, 0.05) is 24.3 Å². The average Bonchev–Trinajstić information content (AvgIpc) is 2.74. The molecule has 0 aromatic carbocycles. The summed E-state index contributed by atoms with van der Waals surface area (Å²) in [6.07, 6.45) is 5.49. The standard InChI is InChI=1S/C13H17N3OS2/c1-8(7-18-2)5-16-13(17)12-11(14)9-3-4-15-6-10(9)19-12/h3-4,6,8H,5,7,14H2,1-2H3,(H,16,17). The number of amides is 1. The maximum Gasteiger partial charge on any atom is 0.263 e. The van der Waals surface area contributed by atoms with E-state index in [0.29, 0.717) is 23.0 Å². The van der Waals surface area contributed by atoms with Crippen molar-refractivity contribution in [1.82, 2.24) is 10.3 Å². The number of thioether (sulfide) groups is 1. The predicted octanol–water partition coefficient (Wildman–Crippen LogP) is 2.61. The first-order valence-electron chi connectivity index (χ1n) is 6.02. The van der Waals surface area contributed by atoms with Gasteiger partial charge in [0.1, 0.15) is 4.88 Å². The van der Waals surface area contributed by atoms with Crippen LogP contribution < -0.4 is 11.1 Å². The van der Waals surface area contributed by atoms with Gasteiger partial charge in [-0.2, -0.15) is 11.8 Å². The van der Waals surface area contributed by atoms with E-state index in [1.165, 1.54) is 11.3 Å². The largest absolute Gasteiger partial charge is 0.397 e. The lowest BCUT2D eigenvalue weighted by Crippen LogP contribution is -2.28. The van der Waals surface area contributed by atoms with E-state index in [1.807, 2.05) is 6.07 Å². The molecule has 0 spiro atoms. The van der Waals surface area contributed by atoms with Gasteiger partial charge in [0.05, 0.1) is 10.4 Å². The number of rotatable bonds is 5. The number of fused-ring (bicyclic) bond motifs is 1. The summed E-state index contributed by atoms with van der Waals surface area (Å²) in [4.78, 5) is 16.8. The van der Waals surface area contributed by atoms with Crippen molar-refractivity contribution in [3.05, 3.63) is 23.3 Å². The number of nitrogens with one attached hydrogen (secondary N) is 1. The molecule has 2 heterocycles. The number of anilines is 1. The van der Waals surface area contributed by atoms with Crippen molar-refractivity contribution < 1.29 is 4.79 Å². The van der Waals surface area contributed by atoms with E-state index in [4.69, 9.17) is 5.73 Å². The molecular weight excluding hydrogens is 278 g/mol. The van der Waals surface area contributed by atoms with Crippen molar-refractivity contribution in [3.63, 3.8) is 0 Å². The van der Waals surface area contributed by atoms with Crippen LogP contribution in [0, 0.1) is 5.92 Å². The van der Waals surface area contributed by atoms with Crippen molar-refractivity contribution in [2.24, 2.45) is 5.92 Å². The SMILES string of the molecule is CSCC(C)CNC(=O)c1sc2cnccc2c1N. The Kier molecular flexibility index (Phi) is 4.66. The first-order valence-corrected chi connectivity index (χ1v) is 8.23. The molecule has 3 N–H and O–H groups in total. The Balaban J connectivity index is 2.11. The fourth-order valence-corrected chi connectivity index (χ4v) is 3.52. The van der Waals surface area contributed by atoms with Gasteiger partial charge in [-0.3, -0.25) is 9.78 Å². The van der Waals surface area contributed by atoms with E-state index in [-0.39, 0.29) is 5.91 Å². The van der Waals surface area contributed by atoms with Gasteiger partial charge in [-0.15, -0.1) is 11.3 Å². The van der Waals surface area contributed by atoms with Crippen LogP contribution in [-0.2, 0) is 0 Å². The number of carbonyl (C=O) groups is 1. The van der Waals surface area contributed by atoms with Crippen LogP contribution in [0.25, 0.3) is 10.1 Å². The van der Waals surface area contributed by atoms with Gasteiger partial charge in [-0.1, -0.05) is 6.92 Å². The van der Waals surface area contributed by atoms with Gasteiger partial charge in [0.15, 0.2) is 0 Å². The van der Waals surface area contributed by atoms with Crippen LogP contribution in [0.1, 0.15) is 16.6 Å². The zero-order valence-electron chi connectivity index (χ0n) is 11.0. The number of nitrogens with zero attached hydrogens (tertiary/aromatic N) is 1. The van der Waals surface area contributed by atoms with Crippen molar-refractivity contribution in [2.45, 2.75) is 6.92 Å². The summed E-state index contributed by atoms with van der Waals surface area (Å²) < 4.78 is 0.947. The van der Waals surface area contributed by atoms with Crippen LogP contribution in [-0.4, -0.2) is 29.4 Å². The normalized spacial score (nSPS) is 12.5. The molecule has 102 valence electrons. The van der Waals surface area contributed by atoms with Crippen molar-refractivity contribution in [3.8, 4) is 0 Å². The molecule has 0 bridgehead atoms. The van der Waals surface area contributed by atoms with Crippen LogP contribution in [0.5, 0.6) is 0 Å². The number of nitrogen functional groups attached to an aromatic ring is 1. The second-order valence-corrected chi connectivity index (χ2v) is 6.45. The molecule has 0 aliphatic carbocycles. The predicted molar refractivity (Wildman–Crippen MR) is 83.9 cm³/mol. The van der Waals surface area contributed by atoms with Gasteiger partial charge in [-0.25, -0.2) is 0 Å². The van der Waals surface area contributed by atoms with E-state index >= 15 is 0 Å². The minimum Gasteiger partial charge on any atom is -0.397 e. The number of carbonyl (C=O) groups excluding carboxylic acids is 1. The molecular formula is C13H17N3OS2. The first kappa shape index (κ1) is 14.1. The van der Waals surface area contributed by atoms with Gasteiger partial charge >= 0.3 is 0 Å². The Hall–Kier alpha value is -1.27. The fourth-order valence-electron chi connectivity index (χ4n) is 1.83. The minimum absolute atomic E-state index is 0.0911. The maximum atomic E-state index is 12.1. The van der Waals surface area contributed by atoms with Crippen LogP contribution in [0.15, 0.2) is 18.5 Å². The highest BCUT2D eigenvalue weighted by molar-refractivity contribution is 7.98. The zero-order chi connectivity index (χ0) is 13.8. The lowest BCUT2D eigenvalue weighted by Gasteiger charge is -2.10. The average molecular weight is 295 g/mol.